The highest BCUT2D eigenvalue weighted by atomic mass is 32.1. The summed E-state index contributed by atoms with van der Waals surface area (Å²) in [5, 5.41) is 4.92. The first kappa shape index (κ1) is 19.4. The quantitative estimate of drug-likeness (QED) is 0.500. The van der Waals surface area contributed by atoms with Gasteiger partial charge in [-0.25, -0.2) is 9.78 Å². The molecule has 0 radical (unpaired) electrons. The monoisotopic (exact) mass is 394 g/mol. The molecule has 1 heterocycles. The number of rotatable bonds is 6. The maximum Gasteiger partial charge on any atom is 0.358 e. The van der Waals surface area contributed by atoms with E-state index in [4.69, 9.17) is 4.74 Å². The normalized spacial score (nSPS) is 11.5. The summed E-state index contributed by atoms with van der Waals surface area (Å²) in [5.74, 6) is -1.38. The molecule has 0 aliphatic rings. The Kier molecular flexibility index (Phi) is 5.96. The van der Waals surface area contributed by atoms with Gasteiger partial charge in [-0.2, -0.15) is 0 Å². The standard InChI is InChI=1S/C21H18N2O4S/c1-13(24)16-10-6-7-11-17(16)22-19(25)14(2)27-21(26)18-12-28-20(23-18)15-8-4-3-5-9-15/h3-12,14H,1-2H3,(H,22,25)/t14-/m1/s1. The third kappa shape index (κ3) is 4.50. The van der Waals surface area contributed by atoms with Gasteiger partial charge in [-0.1, -0.05) is 42.5 Å². The van der Waals surface area contributed by atoms with Crippen LogP contribution in [-0.4, -0.2) is 28.7 Å². The van der Waals surface area contributed by atoms with Crippen molar-refractivity contribution in [3.05, 3.63) is 71.2 Å². The SMILES string of the molecule is CC(=O)c1ccccc1NC(=O)[C@@H](C)OC(=O)c1csc(-c2ccccc2)n1. The average molecular weight is 394 g/mol. The van der Waals surface area contributed by atoms with Crippen LogP contribution in [0.25, 0.3) is 10.6 Å². The second-order valence-corrected chi connectivity index (χ2v) is 6.90. The number of nitrogens with one attached hydrogen (secondary N) is 1. The second kappa shape index (κ2) is 8.58. The van der Waals surface area contributed by atoms with Gasteiger partial charge in [0.25, 0.3) is 5.91 Å². The Morgan fingerprint density at radius 1 is 1.04 bits per heavy atom. The number of hydrogen-bond donors (Lipinski definition) is 1. The van der Waals surface area contributed by atoms with Crippen LogP contribution in [0, 0.1) is 0 Å². The summed E-state index contributed by atoms with van der Waals surface area (Å²) in [5.41, 5.74) is 1.81. The fourth-order valence-electron chi connectivity index (χ4n) is 2.49. The van der Waals surface area contributed by atoms with Gasteiger partial charge in [-0.15, -0.1) is 11.3 Å². The zero-order valence-corrected chi connectivity index (χ0v) is 16.2. The van der Waals surface area contributed by atoms with E-state index in [1.165, 1.54) is 25.2 Å². The van der Waals surface area contributed by atoms with E-state index in [1.807, 2.05) is 30.3 Å². The number of ketones is 1. The third-order valence-electron chi connectivity index (χ3n) is 3.95. The van der Waals surface area contributed by atoms with Crippen LogP contribution in [-0.2, 0) is 9.53 Å². The Bertz CT molecular complexity index is 1010. The number of para-hydroxylation sites is 1. The highest BCUT2D eigenvalue weighted by Gasteiger charge is 2.22. The summed E-state index contributed by atoms with van der Waals surface area (Å²) in [6, 6.07) is 16.1. The van der Waals surface area contributed by atoms with Crippen molar-refractivity contribution in [2.75, 3.05) is 5.32 Å². The summed E-state index contributed by atoms with van der Waals surface area (Å²) in [4.78, 5) is 40.6. The zero-order chi connectivity index (χ0) is 20.1. The summed E-state index contributed by atoms with van der Waals surface area (Å²) in [7, 11) is 0. The van der Waals surface area contributed by atoms with Gasteiger partial charge in [-0.05, 0) is 26.0 Å². The molecule has 1 atom stereocenters. The lowest BCUT2D eigenvalue weighted by molar-refractivity contribution is -0.123. The van der Waals surface area contributed by atoms with Crippen molar-refractivity contribution in [3.8, 4) is 10.6 Å². The molecule has 1 amide bonds. The number of aromatic nitrogens is 1. The summed E-state index contributed by atoms with van der Waals surface area (Å²) >= 11 is 1.32. The van der Waals surface area contributed by atoms with Crippen LogP contribution in [0.2, 0.25) is 0 Å². The van der Waals surface area contributed by atoms with Gasteiger partial charge in [0.1, 0.15) is 5.01 Å². The number of carbonyl (C=O) groups is 3. The smallest absolute Gasteiger partial charge is 0.358 e. The van der Waals surface area contributed by atoms with Gasteiger partial charge in [-0.3, -0.25) is 9.59 Å². The van der Waals surface area contributed by atoms with Crippen LogP contribution in [0.5, 0.6) is 0 Å². The summed E-state index contributed by atoms with van der Waals surface area (Å²) in [6.07, 6.45) is -1.05. The number of thiazole rings is 1. The fourth-order valence-corrected chi connectivity index (χ4v) is 3.28. The molecule has 0 spiro atoms. The van der Waals surface area contributed by atoms with Crippen LogP contribution in [0.3, 0.4) is 0 Å². The number of hydrogen-bond acceptors (Lipinski definition) is 6. The largest absolute Gasteiger partial charge is 0.448 e. The molecule has 0 saturated carbocycles. The maximum atomic E-state index is 12.4. The molecule has 1 aromatic heterocycles. The van der Waals surface area contributed by atoms with Crippen LogP contribution < -0.4 is 5.32 Å². The van der Waals surface area contributed by atoms with Gasteiger partial charge < -0.3 is 10.1 Å². The van der Waals surface area contributed by atoms with E-state index in [9.17, 15) is 14.4 Å². The number of Topliss-reactive ketones (excluding diaryl/α,β-unsaturated/α-hetero) is 1. The molecule has 0 aliphatic heterocycles. The Labute approximate surface area is 166 Å². The number of amides is 1. The van der Waals surface area contributed by atoms with Gasteiger partial charge in [0.05, 0.1) is 5.69 Å². The third-order valence-corrected chi connectivity index (χ3v) is 4.84. The number of carbonyl (C=O) groups excluding carboxylic acids is 3. The lowest BCUT2D eigenvalue weighted by Crippen LogP contribution is -2.30. The van der Waals surface area contributed by atoms with Gasteiger partial charge in [0.2, 0.25) is 0 Å². The van der Waals surface area contributed by atoms with Crippen molar-refractivity contribution in [1.82, 2.24) is 4.98 Å². The van der Waals surface area contributed by atoms with Crippen molar-refractivity contribution in [3.63, 3.8) is 0 Å². The number of anilines is 1. The summed E-state index contributed by atoms with van der Waals surface area (Å²) in [6.45, 7) is 2.88. The van der Waals surface area contributed by atoms with E-state index in [1.54, 1.807) is 29.6 Å². The minimum Gasteiger partial charge on any atom is -0.448 e. The molecule has 3 aromatic rings. The first-order valence-corrected chi connectivity index (χ1v) is 9.46. The molecule has 3 rings (SSSR count). The minimum atomic E-state index is -1.05. The Hall–Kier alpha value is -3.32. The van der Waals surface area contributed by atoms with E-state index in [0.29, 0.717) is 16.3 Å². The van der Waals surface area contributed by atoms with Crippen molar-refractivity contribution in [1.29, 1.82) is 0 Å². The van der Waals surface area contributed by atoms with Crippen molar-refractivity contribution < 1.29 is 19.1 Å². The van der Waals surface area contributed by atoms with E-state index in [-0.39, 0.29) is 11.5 Å². The lowest BCUT2D eigenvalue weighted by Gasteiger charge is -2.14. The van der Waals surface area contributed by atoms with E-state index in [0.717, 1.165) is 5.56 Å². The van der Waals surface area contributed by atoms with Crippen molar-refractivity contribution in [2.24, 2.45) is 0 Å². The molecule has 1 N–H and O–H groups in total. The van der Waals surface area contributed by atoms with Gasteiger partial charge in [0, 0.05) is 16.5 Å². The van der Waals surface area contributed by atoms with E-state index >= 15 is 0 Å². The zero-order valence-electron chi connectivity index (χ0n) is 15.3. The number of ether oxygens (including phenoxy) is 1. The van der Waals surface area contributed by atoms with E-state index < -0.39 is 18.0 Å². The van der Waals surface area contributed by atoms with Gasteiger partial charge in [0.15, 0.2) is 17.6 Å². The van der Waals surface area contributed by atoms with Crippen LogP contribution >= 0.6 is 11.3 Å². The van der Waals surface area contributed by atoms with Crippen LogP contribution in [0.1, 0.15) is 34.7 Å². The average Bonchev–Trinajstić information content (AvgIpc) is 3.19. The molecule has 0 saturated heterocycles. The molecule has 0 fully saturated rings. The molecule has 0 bridgehead atoms. The molecule has 7 heteroatoms. The highest BCUT2D eigenvalue weighted by Crippen LogP contribution is 2.24. The Morgan fingerprint density at radius 2 is 1.71 bits per heavy atom. The first-order valence-electron chi connectivity index (χ1n) is 8.58. The second-order valence-electron chi connectivity index (χ2n) is 6.04. The lowest BCUT2D eigenvalue weighted by atomic mass is 10.1. The van der Waals surface area contributed by atoms with Crippen molar-refractivity contribution >= 4 is 34.7 Å². The molecule has 0 aliphatic carbocycles. The molecule has 142 valence electrons. The molecule has 0 unspecified atom stereocenters. The summed E-state index contributed by atoms with van der Waals surface area (Å²) < 4.78 is 5.23. The maximum absolute atomic E-state index is 12.4. The number of esters is 1. The number of nitrogens with zero attached hydrogens (tertiary/aromatic N) is 1. The molecular formula is C21H18N2O4S. The van der Waals surface area contributed by atoms with Gasteiger partial charge >= 0.3 is 5.97 Å². The predicted octanol–water partition coefficient (Wildman–Crippen LogP) is 4.20. The Balaban J connectivity index is 1.65. The predicted molar refractivity (Wildman–Crippen MR) is 108 cm³/mol. The molecule has 6 nitrogen and oxygen atoms in total. The number of benzene rings is 2. The molecule has 2 aromatic carbocycles. The minimum absolute atomic E-state index is 0.146. The first-order chi connectivity index (χ1) is 13.5. The van der Waals surface area contributed by atoms with Crippen LogP contribution in [0.4, 0.5) is 5.69 Å². The highest BCUT2D eigenvalue weighted by molar-refractivity contribution is 7.13. The molecular weight excluding hydrogens is 376 g/mol. The Morgan fingerprint density at radius 3 is 2.43 bits per heavy atom. The van der Waals surface area contributed by atoms with Crippen molar-refractivity contribution in [2.45, 2.75) is 20.0 Å². The van der Waals surface area contributed by atoms with Crippen LogP contribution in [0.15, 0.2) is 60.0 Å². The topological polar surface area (TPSA) is 85.4 Å². The fraction of sp³-hybridized carbons (Fsp3) is 0.143. The molecule has 28 heavy (non-hydrogen) atoms. The van der Waals surface area contributed by atoms with E-state index in [2.05, 4.69) is 10.3 Å².